The van der Waals surface area contributed by atoms with Gasteiger partial charge < -0.3 is 9.80 Å². The minimum absolute atomic E-state index is 0.283. The number of rotatable bonds is 5. The van der Waals surface area contributed by atoms with Crippen LogP contribution in [0.2, 0.25) is 0 Å². The molecule has 158 valence electrons. The molecule has 0 N–H and O–H groups in total. The van der Waals surface area contributed by atoms with Crippen molar-refractivity contribution >= 4 is 11.7 Å². The first-order chi connectivity index (χ1) is 15.2. The second-order valence-electron chi connectivity index (χ2n) is 8.55. The van der Waals surface area contributed by atoms with Gasteiger partial charge in [0.2, 0.25) is 5.91 Å². The van der Waals surface area contributed by atoms with Crippen molar-refractivity contribution in [3.05, 3.63) is 77.5 Å². The van der Waals surface area contributed by atoms with E-state index < -0.39 is 0 Å². The predicted molar refractivity (Wildman–Crippen MR) is 123 cm³/mol. The van der Waals surface area contributed by atoms with E-state index in [1.165, 1.54) is 11.1 Å². The summed E-state index contributed by atoms with van der Waals surface area (Å²) in [5.74, 6) is 2.40. The smallest absolute Gasteiger partial charge is 0.225 e. The third kappa shape index (κ3) is 4.31. The summed E-state index contributed by atoms with van der Waals surface area (Å²) >= 11 is 0. The molecular weight excluding hydrogens is 384 g/mol. The van der Waals surface area contributed by atoms with E-state index in [2.05, 4.69) is 48.2 Å². The highest BCUT2D eigenvalue weighted by Gasteiger charge is 2.35. The number of amides is 1. The van der Waals surface area contributed by atoms with Crippen LogP contribution < -0.4 is 4.90 Å². The molecule has 3 aromatic rings. The van der Waals surface area contributed by atoms with Crippen molar-refractivity contribution in [3.63, 3.8) is 0 Å². The maximum absolute atomic E-state index is 12.5. The van der Waals surface area contributed by atoms with Gasteiger partial charge in [-0.2, -0.15) is 0 Å². The summed E-state index contributed by atoms with van der Waals surface area (Å²) in [7, 11) is 0. The average molecular weight is 413 g/mol. The topological polar surface area (TPSA) is 49.3 Å². The number of hydrogen-bond donors (Lipinski definition) is 0. The summed E-state index contributed by atoms with van der Waals surface area (Å²) in [5, 5.41) is 0. The lowest BCUT2D eigenvalue weighted by atomic mass is 10.0. The van der Waals surface area contributed by atoms with Crippen LogP contribution in [0.4, 0.5) is 5.82 Å². The van der Waals surface area contributed by atoms with E-state index in [1.807, 2.05) is 29.2 Å². The summed E-state index contributed by atoms with van der Waals surface area (Å²) < 4.78 is 0. The van der Waals surface area contributed by atoms with E-state index in [-0.39, 0.29) is 5.92 Å². The maximum atomic E-state index is 12.5. The number of aromatic nitrogens is 2. The Morgan fingerprint density at radius 3 is 2.19 bits per heavy atom. The van der Waals surface area contributed by atoms with Crippen molar-refractivity contribution in [2.45, 2.75) is 26.2 Å². The maximum Gasteiger partial charge on any atom is 0.225 e. The van der Waals surface area contributed by atoms with Crippen LogP contribution in [0.3, 0.4) is 0 Å². The van der Waals surface area contributed by atoms with Crippen molar-refractivity contribution < 1.29 is 4.79 Å². The van der Waals surface area contributed by atoms with Gasteiger partial charge in [-0.1, -0.05) is 60.7 Å². The van der Waals surface area contributed by atoms with Crippen molar-refractivity contribution in [1.29, 1.82) is 0 Å². The Morgan fingerprint density at radius 2 is 1.55 bits per heavy atom. The molecule has 2 aromatic carbocycles. The van der Waals surface area contributed by atoms with Gasteiger partial charge in [-0.05, 0) is 25.3 Å². The number of hydrogen-bond acceptors (Lipinski definition) is 4. The Kier molecular flexibility index (Phi) is 5.41. The van der Waals surface area contributed by atoms with E-state index in [1.54, 1.807) is 0 Å². The van der Waals surface area contributed by atoms with E-state index in [0.29, 0.717) is 5.91 Å². The lowest BCUT2D eigenvalue weighted by Crippen LogP contribution is -2.49. The number of anilines is 1. The van der Waals surface area contributed by atoms with Crippen LogP contribution in [0.1, 0.15) is 29.7 Å². The highest BCUT2D eigenvalue weighted by Crippen LogP contribution is 2.32. The first-order valence-corrected chi connectivity index (χ1v) is 11.2. The van der Waals surface area contributed by atoms with Crippen molar-refractivity contribution in [2.24, 2.45) is 5.92 Å². The molecule has 1 saturated heterocycles. The number of benzene rings is 2. The molecule has 1 aliphatic heterocycles. The Labute approximate surface area is 183 Å². The standard InChI is InChI=1S/C26H28N4O/c1-19-23(18-20-8-4-2-5-9-20)25(28-24(27-19)21-10-6-3-7-11-21)29-14-16-30(17-15-29)26(31)22-12-13-22/h2-11,22H,12-18H2,1H3. The average Bonchev–Trinajstić information content (AvgIpc) is 3.67. The van der Waals surface area contributed by atoms with Crippen LogP contribution in [-0.4, -0.2) is 47.0 Å². The number of carbonyl (C=O) groups is 1. The molecule has 5 heteroatoms. The summed E-state index contributed by atoms with van der Waals surface area (Å²) in [4.78, 5) is 26.8. The molecule has 1 saturated carbocycles. The lowest BCUT2D eigenvalue weighted by Gasteiger charge is -2.36. The Balaban J connectivity index is 1.47. The molecular formula is C26H28N4O. The molecule has 1 aliphatic carbocycles. The highest BCUT2D eigenvalue weighted by molar-refractivity contribution is 5.81. The van der Waals surface area contributed by atoms with Gasteiger partial charge in [-0.25, -0.2) is 9.97 Å². The van der Waals surface area contributed by atoms with Gasteiger partial charge in [0.25, 0.3) is 0 Å². The fraction of sp³-hybridized carbons (Fsp3) is 0.346. The van der Waals surface area contributed by atoms with Gasteiger partial charge in [-0.3, -0.25) is 4.79 Å². The Bertz CT molecular complexity index is 1060. The molecule has 0 bridgehead atoms. The molecule has 5 nitrogen and oxygen atoms in total. The van der Waals surface area contributed by atoms with E-state index >= 15 is 0 Å². The molecule has 1 amide bonds. The Hall–Kier alpha value is -3.21. The molecule has 2 heterocycles. The normalized spacial score (nSPS) is 16.4. The first kappa shape index (κ1) is 19.7. The molecule has 0 unspecified atom stereocenters. The number of piperazine rings is 1. The van der Waals surface area contributed by atoms with Crippen LogP contribution in [0.5, 0.6) is 0 Å². The minimum atomic E-state index is 0.283. The van der Waals surface area contributed by atoms with Gasteiger partial charge in [0.1, 0.15) is 5.82 Å². The van der Waals surface area contributed by atoms with Crippen molar-refractivity contribution in [2.75, 3.05) is 31.1 Å². The van der Waals surface area contributed by atoms with Gasteiger partial charge >= 0.3 is 0 Å². The second-order valence-corrected chi connectivity index (χ2v) is 8.55. The fourth-order valence-electron chi connectivity index (χ4n) is 4.29. The van der Waals surface area contributed by atoms with E-state index in [9.17, 15) is 4.79 Å². The summed E-state index contributed by atoms with van der Waals surface area (Å²) in [6.45, 7) is 5.24. The molecule has 2 aliphatic rings. The zero-order chi connectivity index (χ0) is 21.2. The molecule has 31 heavy (non-hydrogen) atoms. The SMILES string of the molecule is Cc1nc(-c2ccccc2)nc(N2CCN(C(=O)C3CC3)CC2)c1Cc1ccccc1. The monoisotopic (exact) mass is 412 g/mol. The van der Waals surface area contributed by atoms with Gasteiger partial charge in [0, 0.05) is 55.3 Å². The van der Waals surface area contributed by atoms with Crippen molar-refractivity contribution in [3.8, 4) is 11.4 Å². The highest BCUT2D eigenvalue weighted by atomic mass is 16.2. The third-order valence-corrected chi connectivity index (χ3v) is 6.27. The summed E-state index contributed by atoms with van der Waals surface area (Å²) in [6, 6.07) is 20.7. The quantitative estimate of drug-likeness (QED) is 0.633. The molecule has 2 fully saturated rings. The van der Waals surface area contributed by atoms with Gasteiger partial charge in [-0.15, -0.1) is 0 Å². The minimum Gasteiger partial charge on any atom is -0.353 e. The second kappa shape index (κ2) is 8.50. The summed E-state index contributed by atoms with van der Waals surface area (Å²) in [6.07, 6.45) is 2.93. The van der Waals surface area contributed by atoms with Crippen LogP contribution in [0, 0.1) is 12.8 Å². The fourth-order valence-corrected chi connectivity index (χ4v) is 4.29. The lowest BCUT2D eigenvalue weighted by molar-refractivity contribution is -0.132. The van der Waals surface area contributed by atoms with Gasteiger partial charge in [0.05, 0.1) is 0 Å². The number of aryl methyl sites for hydroxylation is 1. The number of carbonyl (C=O) groups excluding carboxylic acids is 1. The van der Waals surface area contributed by atoms with Crippen LogP contribution >= 0.6 is 0 Å². The van der Waals surface area contributed by atoms with Crippen LogP contribution in [-0.2, 0) is 11.2 Å². The third-order valence-electron chi connectivity index (χ3n) is 6.27. The van der Waals surface area contributed by atoms with Crippen molar-refractivity contribution in [1.82, 2.24) is 14.9 Å². The number of nitrogens with zero attached hydrogens (tertiary/aromatic N) is 4. The zero-order valence-corrected chi connectivity index (χ0v) is 18.0. The molecule has 5 rings (SSSR count). The van der Waals surface area contributed by atoms with E-state index in [0.717, 1.165) is 68.3 Å². The molecule has 0 radical (unpaired) electrons. The molecule has 0 atom stereocenters. The largest absolute Gasteiger partial charge is 0.353 e. The Morgan fingerprint density at radius 1 is 0.903 bits per heavy atom. The molecule has 1 aromatic heterocycles. The van der Waals surface area contributed by atoms with Crippen LogP contribution in [0.15, 0.2) is 60.7 Å². The first-order valence-electron chi connectivity index (χ1n) is 11.2. The van der Waals surface area contributed by atoms with Gasteiger partial charge in [0.15, 0.2) is 5.82 Å². The predicted octanol–water partition coefficient (Wildman–Crippen LogP) is 4.10. The molecule has 0 spiro atoms. The van der Waals surface area contributed by atoms with E-state index in [4.69, 9.17) is 9.97 Å². The summed E-state index contributed by atoms with van der Waals surface area (Å²) in [5.41, 5.74) is 4.48. The van der Waals surface area contributed by atoms with Crippen LogP contribution in [0.25, 0.3) is 11.4 Å². The zero-order valence-electron chi connectivity index (χ0n) is 18.0.